The number of aldehydes is 1. The SMILES string of the molecule is COc1cc(Br)c(C(C)CC=O)c(C(C)C)c1OC. The number of hydrogen-bond donors (Lipinski definition) is 0. The summed E-state index contributed by atoms with van der Waals surface area (Å²) < 4.78 is 11.9. The van der Waals surface area contributed by atoms with Crippen molar-refractivity contribution in [1.82, 2.24) is 0 Å². The zero-order valence-corrected chi connectivity index (χ0v) is 13.7. The third-order valence-corrected chi connectivity index (χ3v) is 3.87. The molecule has 0 aliphatic carbocycles. The quantitative estimate of drug-likeness (QED) is 0.731. The Morgan fingerprint density at radius 2 is 1.84 bits per heavy atom. The first kappa shape index (κ1) is 16.0. The van der Waals surface area contributed by atoms with E-state index in [2.05, 4.69) is 29.8 Å². The predicted octanol–water partition coefficient (Wildman–Crippen LogP) is 4.28. The Bertz CT molecular complexity index is 455. The molecule has 0 aromatic heterocycles. The second-order valence-electron chi connectivity index (χ2n) is 4.88. The van der Waals surface area contributed by atoms with Gasteiger partial charge in [0, 0.05) is 16.5 Å². The summed E-state index contributed by atoms with van der Waals surface area (Å²) in [5.74, 6) is 1.89. The van der Waals surface area contributed by atoms with E-state index in [1.165, 1.54) is 0 Å². The van der Waals surface area contributed by atoms with Crippen molar-refractivity contribution in [3.8, 4) is 11.5 Å². The number of carbonyl (C=O) groups is 1. The number of halogens is 1. The standard InChI is InChI=1S/C15H21BrO3/c1-9(2)13-14(10(3)6-7-17)11(16)8-12(18-4)15(13)19-5/h7-10H,6H2,1-5H3. The van der Waals surface area contributed by atoms with Gasteiger partial charge in [-0.25, -0.2) is 0 Å². The van der Waals surface area contributed by atoms with Crippen molar-refractivity contribution in [3.63, 3.8) is 0 Å². The first-order chi connectivity index (χ1) is 8.97. The van der Waals surface area contributed by atoms with Gasteiger partial charge >= 0.3 is 0 Å². The van der Waals surface area contributed by atoms with Gasteiger partial charge in [0.1, 0.15) is 6.29 Å². The van der Waals surface area contributed by atoms with E-state index in [9.17, 15) is 4.79 Å². The molecule has 0 amide bonds. The van der Waals surface area contributed by atoms with Crippen LogP contribution in [0.25, 0.3) is 0 Å². The van der Waals surface area contributed by atoms with Gasteiger partial charge in [0.05, 0.1) is 14.2 Å². The van der Waals surface area contributed by atoms with Crippen LogP contribution in [0.1, 0.15) is 50.2 Å². The van der Waals surface area contributed by atoms with E-state index in [4.69, 9.17) is 9.47 Å². The number of rotatable bonds is 6. The van der Waals surface area contributed by atoms with Crippen molar-refractivity contribution in [2.75, 3.05) is 14.2 Å². The lowest BCUT2D eigenvalue weighted by Crippen LogP contribution is -2.07. The average molecular weight is 329 g/mol. The number of ether oxygens (including phenoxy) is 2. The van der Waals surface area contributed by atoms with E-state index >= 15 is 0 Å². The van der Waals surface area contributed by atoms with Crippen molar-refractivity contribution in [2.45, 2.75) is 39.0 Å². The van der Waals surface area contributed by atoms with E-state index in [1.54, 1.807) is 14.2 Å². The fourth-order valence-corrected chi connectivity index (χ4v) is 3.15. The molecule has 0 fully saturated rings. The molecule has 0 aliphatic rings. The van der Waals surface area contributed by atoms with Crippen molar-refractivity contribution in [3.05, 3.63) is 21.7 Å². The maximum Gasteiger partial charge on any atom is 0.164 e. The second-order valence-corrected chi connectivity index (χ2v) is 5.73. The number of carbonyl (C=O) groups excluding carboxylic acids is 1. The molecule has 0 saturated carbocycles. The van der Waals surface area contributed by atoms with Gasteiger partial charge in [0.15, 0.2) is 11.5 Å². The number of hydrogen-bond acceptors (Lipinski definition) is 3. The van der Waals surface area contributed by atoms with Crippen LogP contribution in [-0.4, -0.2) is 20.5 Å². The number of benzene rings is 1. The average Bonchev–Trinajstić information content (AvgIpc) is 2.37. The summed E-state index contributed by atoms with van der Waals surface area (Å²) in [6, 6.07) is 1.90. The summed E-state index contributed by atoms with van der Waals surface area (Å²) in [6.45, 7) is 6.27. The normalized spacial score (nSPS) is 12.4. The van der Waals surface area contributed by atoms with Crippen LogP contribution in [-0.2, 0) is 4.79 Å². The van der Waals surface area contributed by atoms with Crippen LogP contribution in [0.2, 0.25) is 0 Å². The molecule has 3 nitrogen and oxygen atoms in total. The molecular formula is C15H21BrO3. The predicted molar refractivity (Wildman–Crippen MR) is 80.4 cm³/mol. The Balaban J connectivity index is 3.56. The van der Waals surface area contributed by atoms with Crippen LogP contribution in [0.5, 0.6) is 11.5 Å². The van der Waals surface area contributed by atoms with E-state index in [0.717, 1.165) is 27.6 Å². The molecule has 4 heteroatoms. The molecule has 1 atom stereocenters. The van der Waals surface area contributed by atoms with E-state index in [0.29, 0.717) is 12.2 Å². The van der Waals surface area contributed by atoms with Crippen molar-refractivity contribution >= 4 is 22.2 Å². The molecule has 0 heterocycles. The Morgan fingerprint density at radius 3 is 2.26 bits per heavy atom. The third-order valence-electron chi connectivity index (χ3n) is 3.22. The summed E-state index contributed by atoms with van der Waals surface area (Å²) in [4.78, 5) is 10.8. The highest BCUT2D eigenvalue weighted by molar-refractivity contribution is 9.10. The minimum Gasteiger partial charge on any atom is -0.493 e. The third kappa shape index (κ3) is 3.30. The molecule has 1 unspecified atom stereocenters. The van der Waals surface area contributed by atoms with Crippen molar-refractivity contribution in [1.29, 1.82) is 0 Å². The maximum atomic E-state index is 10.8. The fraction of sp³-hybridized carbons (Fsp3) is 0.533. The molecule has 1 aromatic rings. The molecule has 1 rings (SSSR count). The molecule has 0 bridgehead atoms. The maximum absolute atomic E-state index is 10.8. The summed E-state index contributed by atoms with van der Waals surface area (Å²) in [5, 5.41) is 0. The molecule has 19 heavy (non-hydrogen) atoms. The summed E-state index contributed by atoms with van der Waals surface area (Å²) in [5.41, 5.74) is 2.22. The molecule has 1 aromatic carbocycles. The largest absolute Gasteiger partial charge is 0.493 e. The molecule has 106 valence electrons. The van der Waals surface area contributed by atoms with Gasteiger partial charge in [-0.15, -0.1) is 0 Å². The summed E-state index contributed by atoms with van der Waals surface area (Å²) >= 11 is 3.59. The van der Waals surface area contributed by atoms with Gasteiger partial charge < -0.3 is 14.3 Å². The van der Waals surface area contributed by atoms with Crippen LogP contribution in [0.4, 0.5) is 0 Å². The van der Waals surface area contributed by atoms with E-state index in [-0.39, 0.29) is 11.8 Å². The molecule has 0 aliphatic heterocycles. The lowest BCUT2D eigenvalue weighted by Gasteiger charge is -2.24. The topological polar surface area (TPSA) is 35.5 Å². The van der Waals surface area contributed by atoms with Gasteiger partial charge in [-0.2, -0.15) is 0 Å². The first-order valence-electron chi connectivity index (χ1n) is 6.35. The van der Waals surface area contributed by atoms with E-state index < -0.39 is 0 Å². The Kier molecular flexibility index (Phi) is 5.85. The Labute approximate surface area is 123 Å². The lowest BCUT2D eigenvalue weighted by atomic mass is 9.87. The highest BCUT2D eigenvalue weighted by Crippen LogP contribution is 2.45. The Hall–Kier alpha value is -1.03. The van der Waals surface area contributed by atoms with Gasteiger partial charge in [-0.1, -0.05) is 36.7 Å². The Morgan fingerprint density at radius 1 is 1.21 bits per heavy atom. The smallest absolute Gasteiger partial charge is 0.164 e. The minimum atomic E-state index is 0.143. The van der Waals surface area contributed by atoms with Gasteiger partial charge in [0.2, 0.25) is 0 Å². The van der Waals surface area contributed by atoms with Crippen LogP contribution in [0.3, 0.4) is 0 Å². The van der Waals surface area contributed by atoms with E-state index in [1.807, 2.05) is 13.0 Å². The lowest BCUT2D eigenvalue weighted by molar-refractivity contribution is -0.108. The second kappa shape index (κ2) is 6.94. The fourth-order valence-electron chi connectivity index (χ4n) is 2.34. The summed E-state index contributed by atoms with van der Waals surface area (Å²) in [6.07, 6.45) is 1.45. The van der Waals surface area contributed by atoms with Crippen LogP contribution in [0.15, 0.2) is 10.5 Å². The zero-order chi connectivity index (χ0) is 14.6. The highest BCUT2D eigenvalue weighted by atomic mass is 79.9. The molecule has 0 spiro atoms. The van der Waals surface area contributed by atoms with Gasteiger partial charge in [-0.3, -0.25) is 0 Å². The first-order valence-corrected chi connectivity index (χ1v) is 7.15. The zero-order valence-electron chi connectivity index (χ0n) is 12.1. The molecular weight excluding hydrogens is 308 g/mol. The monoisotopic (exact) mass is 328 g/mol. The minimum absolute atomic E-state index is 0.143. The summed E-state index contributed by atoms with van der Waals surface area (Å²) in [7, 11) is 3.27. The van der Waals surface area contributed by atoms with Crippen molar-refractivity contribution in [2.24, 2.45) is 0 Å². The molecule has 0 saturated heterocycles. The van der Waals surface area contributed by atoms with Gasteiger partial charge in [-0.05, 0) is 23.5 Å². The van der Waals surface area contributed by atoms with Crippen LogP contribution >= 0.6 is 15.9 Å². The van der Waals surface area contributed by atoms with Crippen molar-refractivity contribution < 1.29 is 14.3 Å². The molecule has 0 radical (unpaired) electrons. The van der Waals surface area contributed by atoms with Crippen LogP contribution in [0, 0.1) is 0 Å². The van der Waals surface area contributed by atoms with Gasteiger partial charge in [0.25, 0.3) is 0 Å². The van der Waals surface area contributed by atoms with Crippen LogP contribution < -0.4 is 9.47 Å². The highest BCUT2D eigenvalue weighted by Gasteiger charge is 2.23. The number of methoxy groups -OCH3 is 2. The molecule has 0 N–H and O–H groups in total.